The first-order valence-electron chi connectivity index (χ1n) is 9.63. The van der Waals surface area contributed by atoms with Crippen LogP contribution in [0.5, 0.6) is 0 Å². The average molecular weight is 450 g/mol. The Balaban J connectivity index is 1.62. The topological polar surface area (TPSA) is 132 Å². The second-order valence-corrected chi connectivity index (χ2v) is 7.70. The van der Waals surface area contributed by atoms with E-state index in [4.69, 9.17) is 4.74 Å². The summed E-state index contributed by atoms with van der Waals surface area (Å²) in [6, 6.07) is 12.2. The zero-order valence-corrected chi connectivity index (χ0v) is 18.0. The monoisotopic (exact) mass is 450 g/mol. The summed E-state index contributed by atoms with van der Waals surface area (Å²) in [6.07, 6.45) is 1.23. The number of fused-ring (bicyclic) bond motifs is 1. The summed E-state index contributed by atoms with van der Waals surface area (Å²) in [4.78, 5) is 35.7. The number of carbonyl (C=O) groups is 1. The van der Waals surface area contributed by atoms with Crippen LogP contribution < -0.4 is 10.6 Å². The Morgan fingerprint density at radius 1 is 1.12 bits per heavy atom. The van der Waals surface area contributed by atoms with Crippen LogP contribution in [0.15, 0.2) is 48.8 Å². The van der Waals surface area contributed by atoms with Gasteiger partial charge in [-0.3, -0.25) is 10.1 Å². The van der Waals surface area contributed by atoms with Gasteiger partial charge in [0.25, 0.3) is 0 Å². The molecule has 0 saturated heterocycles. The molecule has 0 bridgehead atoms. The van der Waals surface area contributed by atoms with E-state index in [-0.39, 0.29) is 23.9 Å². The second-order valence-electron chi connectivity index (χ2n) is 6.67. The minimum absolute atomic E-state index is 0.00803. The van der Waals surface area contributed by atoms with Crippen LogP contribution in [0, 0.1) is 17.0 Å². The predicted molar refractivity (Wildman–Crippen MR) is 122 cm³/mol. The highest BCUT2D eigenvalue weighted by Gasteiger charge is 2.24. The van der Waals surface area contributed by atoms with Crippen LogP contribution in [0.25, 0.3) is 10.2 Å². The Morgan fingerprint density at radius 2 is 1.84 bits per heavy atom. The minimum atomic E-state index is -0.559. The summed E-state index contributed by atoms with van der Waals surface area (Å²) in [5, 5.41) is 18.2. The molecule has 4 aromatic rings. The van der Waals surface area contributed by atoms with Crippen molar-refractivity contribution in [1.82, 2.24) is 15.0 Å². The molecule has 2 aromatic heterocycles. The lowest BCUT2D eigenvalue weighted by Crippen LogP contribution is -2.06. The normalized spacial score (nSPS) is 10.7. The average Bonchev–Trinajstić information content (AvgIpc) is 3.18. The predicted octanol–water partition coefficient (Wildman–Crippen LogP) is 4.97. The van der Waals surface area contributed by atoms with E-state index in [1.54, 1.807) is 31.2 Å². The van der Waals surface area contributed by atoms with Crippen molar-refractivity contribution >= 4 is 55.7 Å². The van der Waals surface area contributed by atoms with Gasteiger partial charge in [-0.05, 0) is 49.7 Å². The van der Waals surface area contributed by atoms with Gasteiger partial charge in [-0.2, -0.15) is 0 Å². The van der Waals surface area contributed by atoms with Crippen molar-refractivity contribution in [3.63, 3.8) is 0 Å². The lowest BCUT2D eigenvalue weighted by Gasteiger charge is -2.09. The largest absolute Gasteiger partial charge is 0.462 e. The van der Waals surface area contributed by atoms with Crippen molar-refractivity contribution in [2.45, 2.75) is 13.8 Å². The number of para-hydroxylation sites is 1. The number of esters is 1. The first kappa shape index (κ1) is 21.1. The van der Waals surface area contributed by atoms with Gasteiger partial charge < -0.3 is 15.4 Å². The molecule has 0 aliphatic rings. The SMILES string of the molecule is CCOC(=O)c1ccc(Nc2ncnc(Nc3nc4c(C)cccc4s3)c2[N+](=O)[O-])cc1. The Labute approximate surface area is 186 Å². The van der Waals surface area contributed by atoms with Gasteiger partial charge >= 0.3 is 11.7 Å². The smallest absolute Gasteiger partial charge is 0.353 e. The Bertz CT molecular complexity index is 1310. The van der Waals surface area contributed by atoms with Crippen LogP contribution in [0.1, 0.15) is 22.8 Å². The van der Waals surface area contributed by atoms with Gasteiger partial charge in [-0.1, -0.05) is 23.5 Å². The summed E-state index contributed by atoms with van der Waals surface area (Å²) < 4.78 is 5.92. The van der Waals surface area contributed by atoms with E-state index >= 15 is 0 Å². The van der Waals surface area contributed by atoms with Crippen molar-refractivity contribution in [2.75, 3.05) is 17.2 Å². The number of aryl methyl sites for hydroxylation is 1. The summed E-state index contributed by atoms with van der Waals surface area (Å²) in [5.74, 6) is -0.411. The molecule has 0 radical (unpaired) electrons. The number of benzene rings is 2. The van der Waals surface area contributed by atoms with Crippen LogP contribution in [-0.2, 0) is 4.74 Å². The molecule has 0 amide bonds. The Hall–Kier alpha value is -4.12. The summed E-state index contributed by atoms with van der Waals surface area (Å²) >= 11 is 1.38. The third kappa shape index (κ3) is 4.32. The van der Waals surface area contributed by atoms with E-state index < -0.39 is 10.9 Å². The number of nitrogens with one attached hydrogen (secondary N) is 2. The molecule has 2 aromatic carbocycles. The minimum Gasteiger partial charge on any atom is -0.462 e. The van der Waals surface area contributed by atoms with Gasteiger partial charge in [-0.15, -0.1) is 0 Å². The maximum Gasteiger partial charge on any atom is 0.353 e. The number of aromatic nitrogens is 3. The number of hydrogen-bond acceptors (Lipinski definition) is 10. The highest BCUT2D eigenvalue weighted by atomic mass is 32.1. The van der Waals surface area contributed by atoms with Crippen molar-refractivity contribution in [3.8, 4) is 0 Å². The highest BCUT2D eigenvalue weighted by molar-refractivity contribution is 7.22. The number of nitro groups is 1. The van der Waals surface area contributed by atoms with Gasteiger partial charge in [-0.25, -0.2) is 19.7 Å². The number of anilines is 4. The number of rotatable bonds is 7. The molecule has 0 aliphatic heterocycles. The van der Waals surface area contributed by atoms with E-state index in [0.717, 1.165) is 15.8 Å². The Kier molecular flexibility index (Phi) is 5.90. The molecule has 2 heterocycles. The van der Waals surface area contributed by atoms with E-state index in [1.165, 1.54) is 17.7 Å². The molecule has 0 atom stereocenters. The van der Waals surface area contributed by atoms with E-state index in [1.807, 2.05) is 25.1 Å². The van der Waals surface area contributed by atoms with Gasteiger partial charge in [0.05, 0.1) is 27.3 Å². The molecule has 32 heavy (non-hydrogen) atoms. The number of thiazole rings is 1. The van der Waals surface area contributed by atoms with Crippen LogP contribution in [0.4, 0.5) is 28.1 Å². The van der Waals surface area contributed by atoms with Crippen LogP contribution in [0.2, 0.25) is 0 Å². The first-order valence-corrected chi connectivity index (χ1v) is 10.4. The van der Waals surface area contributed by atoms with Crippen LogP contribution in [-0.4, -0.2) is 32.5 Å². The standard InChI is InChI=1S/C21H18N6O4S/c1-3-31-20(28)13-7-9-14(10-8-13)24-18-17(27(29)30)19(23-11-22-18)26-21-25-16-12(2)5-4-6-15(16)32-21/h4-11H,3H2,1-2H3,(H2,22,23,24,25,26). The van der Waals surface area contributed by atoms with E-state index in [9.17, 15) is 14.9 Å². The number of carbonyl (C=O) groups excluding carboxylic acids is 1. The lowest BCUT2D eigenvalue weighted by molar-refractivity contribution is -0.383. The molecule has 4 rings (SSSR count). The molecule has 10 nitrogen and oxygen atoms in total. The van der Waals surface area contributed by atoms with E-state index in [2.05, 4.69) is 25.6 Å². The second kappa shape index (κ2) is 8.94. The van der Waals surface area contributed by atoms with Gasteiger partial charge in [0, 0.05) is 5.69 Å². The Morgan fingerprint density at radius 3 is 2.50 bits per heavy atom. The van der Waals surface area contributed by atoms with Gasteiger partial charge in [0.15, 0.2) is 5.13 Å². The van der Waals surface area contributed by atoms with Crippen molar-refractivity contribution in [1.29, 1.82) is 0 Å². The van der Waals surface area contributed by atoms with Crippen LogP contribution >= 0.6 is 11.3 Å². The van der Waals surface area contributed by atoms with Gasteiger partial charge in [0.2, 0.25) is 11.6 Å². The number of hydrogen-bond donors (Lipinski definition) is 2. The molecule has 11 heteroatoms. The number of nitrogens with zero attached hydrogens (tertiary/aromatic N) is 4. The molecular formula is C21H18N6O4S. The zero-order valence-electron chi connectivity index (χ0n) is 17.2. The molecule has 162 valence electrons. The molecule has 2 N–H and O–H groups in total. The first-order chi connectivity index (χ1) is 15.5. The molecule has 0 saturated carbocycles. The number of ether oxygens (including phenoxy) is 1. The maximum atomic E-state index is 11.8. The summed E-state index contributed by atoms with van der Waals surface area (Å²) in [7, 11) is 0. The van der Waals surface area contributed by atoms with E-state index in [0.29, 0.717) is 16.4 Å². The molecule has 0 spiro atoms. The van der Waals surface area contributed by atoms with Crippen molar-refractivity contribution in [2.24, 2.45) is 0 Å². The molecule has 0 unspecified atom stereocenters. The summed E-state index contributed by atoms with van der Waals surface area (Å²) in [5.41, 5.74) is 2.41. The fourth-order valence-electron chi connectivity index (χ4n) is 3.02. The fourth-order valence-corrected chi connectivity index (χ4v) is 3.96. The summed E-state index contributed by atoms with van der Waals surface area (Å²) in [6.45, 7) is 3.95. The maximum absolute atomic E-state index is 11.8. The molecular weight excluding hydrogens is 432 g/mol. The van der Waals surface area contributed by atoms with Crippen LogP contribution in [0.3, 0.4) is 0 Å². The van der Waals surface area contributed by atoms with Crippen molar-refractivity contribution in [3.05, 3.63) is 70.0 Å². The quantitative estimate of drug-likeness (QED) is 0.227. The lowest BCUT2D eigenvalue weighted by atomic mass is 10.2. The highest BCUT2D eigenvalue weighted by Crippen LogP contribution is 2.35. The van der Waals surface area contributed by atoms with Crippen molar-refractivity contribution < 1.29 is 14.5 Å². The fraction of sp³-hybridized carbons (Fsp3) is 0.143. The molecule has 0 fully saturated rings. The molecule has 0 aliphatic carbocycles. The third-order valence-electron chi connectivity index (χ3n) is 4.51. The van der Waals surface area contributed by atoms with Gasteiger partial charge in [0.1, 0.15) is 6.33 Å². The third-order valence-corrected chi connectivity index (χ3v) is 5.45. The zero-order chi connectivity index (χ0) is 22.7.